The number of furan rings is 1. The number of aromatic nitrogens is 1. The van der Waals surface area contributed by atoms with E-state index in [2.05, 4.69) is 168 Å². The van der Waals surface area contributed by atoms with Gasteiger partial charge in [0.1, 0.15) is 11.2 Å². The van der Waals surface area contributed by atoms with Crippen molar-refractivity contribution < 1.29 is 4.42 Å². The smallest absolute Gasteiger partial charge is 0.135 e. The third kappa shape index (κ3) is 4.33. The van der Waals surface area contributed by atoms with Crippen LogP contribution in [0.15, 0.2) is 186 Å². The van der Waals surface area contributed by atoms with Gasteiger partial charge < -0.3 is 8.98 Å². The summed E-state index contributed by atoms with van der Waals surface area (Å²) in [6, 6.07) is 67.5. The number of hydrogen-bond acceptors (Lipinski definition) is 2. The number of nitriles is 1. The molecule has 0 spiro atoms. The third-order valence-electron chi connectivity index (χ3n) is 11.8. The first kappa shape index (κ1) is 30.8. The Kier molecular flexibility index (Phi) is 6.41. The first-order chi connectivity index (χ1) is 27.7. The van der Waals surface area contributed by atoms with Crippen molar-refractivity contribution in [3.63, 3.8) is 0 Å². The van der Waals surface area contributed by atoms with Crippen molar-refractivity contribution in [1.82, 2.24) is 4.57 Å². The molecule has 2 aromatic heterocycles. The molecular formula is C53H30N2O. The molecule has 0 fully saturated rings. The Hall–Kier alpha value is -7.67. The highest BCUT2D eigenvalue weighted by Crippen LogP contribution is 2.48. The van der Waals surface area contributed by atoms with Gasteiger partial charge in [0.25, 0.3) is 0 Å². The fourth-order valence-corrected chi connectivity index (χ4v) is 9.37. The predicted octanol–water partition coefficient (Wildman–Crippen LogP) is 14.5. The van der Waals surface area contributed by atoms with Gasteiger partial charge in [-0.2, -0.15) is 5.26 Å². The van der Waals surface area contributed by atoms with E-state index in [1.165, 1.54) is 59.8 Å². The molecule has 0 radical (unpaired) electrons. The summed E-state index contributed by atoms with van der Waals surface area (Å²) in [4.78, 5) is 0. The molecule has 0 saturated heterocycles. The minimum Gasteiger partial charge on any atom is -0.456 e. The molecule has 0 aliphatic rings. The summed E-state index contributed by atoms with van der Waals surface area (Å²) in [5, 5.41) is 24.2. The number of rotatable bonds is 3. The van der Waals surface area contributed by atoms with Crippen LogP contribution in [0.2, 0.25) is 0 Å². The van der Waals surface area contributed by atoms with Crippen LogP contribution in [-0.4, -0.2) is 4.57 Å². The van der Waals surface area contributed by atoms with E-state index in [1.807, 2.05) is 24.3 Å². The van der Waals surface area contributed by atoms with Crippen molar-refractivity contribution in [1.29, 1.82) is 5.26 Å². The van der Waals surface area contributed by atoms with Crippen LogP contribution >= 0.6 is 0 Å². The van der Waals surface area contributed by atoms with E-state index < -0.39 is 0 Å². The van der Waals surface area contributed by atoms with Crippen molar-refractivity contribution in [2.45, 2.75) is 0 Å². The molecule has 12 rings (SSSR count). The van der Waals surface area contributed by atoms with Crippen molar-refractivity contribution in [3.05, 3.63) is 188 Å². The molecule has 0 N–H and O–H groups in total. The van der Waals surface area contributed by atoms with Gasteiger partial charge >= 0.3 is 0 Å². The minimum atomic E-state index is 0.640. The lowest BCUT2D eigenvalue weighted by Crippen LogP contribution is -1.94. The second-order valence-electron chi connectivity index (χ2n) is 14.7. The van der Waals surface area contributed by atoms with E-state index in [-0.39, 0.29) is 0 Å². The first-order valence-electron chi connectivity index (χ1n) is 19.0. The molecule has 0 amide bonds. The van der Waals surface area contributed by atoms with E-state index in [9.17, 15) is 5.26 Å². The van der Waals surface area contributed by atoms with Gasteiger partial charge in [0, 0.05) is 27.2 Å². The molecule has 3 heteroatoms. The molecule has 0 aliphatic heterocycles. The van der Waals surface area contributed by atoms with Crippen LogP contribution < -0.4 is 0 Å². The zero-order valence-electron chi connectivity index (χ0n) is 30.1. The molecule has 56 heavy (non-hydrogen) atoms. The molecule has 10 aromatic carbocycles. The van der Waals surface area contributed by atoms with Crippen LogP contribution in [-0.2, 0) is 0 Å². The van der Waals surface area contributed by atoms with Gasteiger partial charge in [0.15, 0.2) is 0 Å². The van der Waals surface area contributed by atoms with Crippen LogP contribution in [0.25, 0.3) is 115 Å². The van der Waals surface area contributed by atoms with Gasteiger partial charge in [-0.1, -0.05) is 121 Å². The third-order valence-corrected chi connectivity index (χ3v) is 11.8. The summed E-state index contributed by atoms with van der Waals surface area (Å²) in [6.45, 7) is 0. The van der Waals surface area contributed by atoms with Crippen molar-refractivity contribution >= 4 is 86.8 Å². The quantitative estimate of drug-likeness (QED) is 0.171. The average molecular weight is 711 g/mol. The van der Waals surface area contributed by atoms with Crippen LogP contribution in [0.1, 0.15) is 5.56 Å². The molecule has 0 unspecified atom stereocenters. The lowest BCUT2D eigenvalue weighted by atomic mass is 9.83. The topological polar surface area (TPSA) is 41.9 Å². The zero-order chi connectivity index (χ0) is 36.9. The lowest BCUT2D eigenvalue weighted by molar-refractivity contribution is 0.669. The average Bonchev–Trinajstić information content (AvgIpc) is 3.79. The number of benzene rings is 10. The normalized spacial score (nSPS) is 11.9. The Morgan fingerprint density at radius 2 is 0.893 bits per heavy atom. The molecule has 0 aliphatic carbocycles. The molecule has 2 heterocycles. The molecule has 0 atom stereocenters. The lowest BCUT2D eigenvalue weighted by Gasteiger charge is -2.20. The summed E-state index contributed by atoms with van der Waals surface area (Å²) in [7, 11) is 0. The van der Waals surface area contributed by atoms with Crippen LogP contribution in [0.3, 0.4) is 0 Å². The maximum Gasteiger partial charge on any atom is 0.135 e. The minimum absolute atomic E-state index is 0.640. The second-order valence-corrected chi connectivity index (χ2v) is 14.7. The molecule has 0 saturated carbocycles. The van der Waals surface area contributed by atoms with Crippen LogP contribution in [0.5, 0.6) is 0 Å². The monoisotopic (exact) mass is 710 g/mol. The summed E-state index contributed by atoms with van der Waals surface area (Å²) in [5.41, 5.74) is 10.4. The van der Waals surface area contributed by atoms with E-state index in [0.717, 1.165) is 55.0 Å². The summed E-state index contributed by atoms with van der Waals surface area (Å²) in [5.74, 6) is 0. The molecule has 12 aromatic rings. The van der Waals surface area contributed by atoms with Gasteiger partial charge in [-0.3, -0.25) is 0 Å². The Morgan fingerprint density at radius 3 is 1.55 bits per heavy atom. The van der Waals surface area contributed by atoms with Gasteiger partial charge in [-0.15, -0.1) is 0 Å². The second kappa shape index (κ2) is 11.7. The van der Waals surface area contributed by atoms with Crippen molar-refractivity contribution in [2.75, 3.05) is 0 Å². The number of fused-ring (bicyclic) bond motifs is 10. The molecular weight excluding hydrogens is 681 g/mol. The van der Waals surface area contributed by atoms with Crippen LogP contribution in [0, 0.1) is 11.3 Å². The number of hydrogen-bond donors (Lipinski definition) is 0. The van der Waals surface area contributed by atoms with E-state index in [0.29, 0.717) is 5.56 Å². The SMILES string of the molecule is N#Cc1ccc2c(c1)c1cc(-c3c4ccccc4c(-c4c5ccccc5cc5ccccc45)c4ccccc34)ccc1n2-c1ccc2oc3ccccc3c2c1. The Bertz CT molecular complexity index is 3560. The maximum atomic E-state index is 10.0. The standard InChI is InChI=1S/C53H30N2O/c54-31-32-21-24-47-44(27-32)45-29-35(22-25-48(45)55(47)36-23-26-50-46(30-36)39-15-9-10-20-49(39)56-50)51-40-16-5-7-18-42(40)53(43-19-8-6-17-41(43)51)52-37-13-3-1-11-33(37)28-34-12-2-4-14-38(34)52/h1-30H. The Morgan fingerprint density at radius 1 is 0.375 bits per heavy atom. The summed E-state index contributed by atoms with van der Waals surface area (Å²) >= 11 is 0. The molecule has 0 bridgehead atoms. The van der Waals surface area contributed by atoms with Gasteiger partial charge in [-0.25, -0.2) is 0 Å². The van der Waals surface area contributed by atoms with Crippen LogP contribution in [0.4, 0.5) is 0 Å². The summed E-state index contributed by atoms with van der Waals surface area (Å²) in [6.07, 6.45) is 0. The Labute approximate surface area is 321 Å². The zero-order valence-corrected chi connectivity index (χ0v) is 30.1. The fourth-order valence-electron chi connectivity index (χ4n) is 9.37. The first-order valence-corrected chi connectivity index (χ1v) is 19.0. The van der Waals surface area contributed by atoms with Gasteiger partial charge in [0.2, 0.25) is 0 Å². The molecule has 258 valence electrons. The number of nitrogens with zero attached hydrogens (tertiary/aromatic N) is 2. The van der Waals surface area contributed by atoms with E-state index in [1.54, 1.807) is 0 Å². The highest BCUT2D eigenvalue weighted by Gasteiger charge is 2.22. The maximum absolute atomic E-state index is 10.0. The molecule has 3 nitrogen and oxygen atoms in total. The van der Waals surface area contributed by atoms with Gasteiger partial charge in [0.05, 0.1) is 22.7 Å². The van der Waals surface area contributed by atoms with Crippen molar-refractivity contribution in [3.8, 4) is 34.0 Å². The van der Waals surface area contributed by atoms with Crippen molar-refractivity contribution in [2.24, 2.45) is 0 Å². The van der Waals surface area contributed by atoms with E-state index >= 15 is 0 Å². The highest BCUT2D eigenvalue weighted by atomic mass is 16.3. The fraction of sp³-hybridized carbons (Fsp3) is 0. The van der Waals surface area contributed by atoms with Gasteiger partial charge in [-0.05, 0) is 126 Å². The predicted molar refractivity (Wildman–Crippen MR) is 234 cm³/mol. The summed E-state index contributed by atoms with van der Waals surface area (Å²) < 4.78 is 8.52. The number of para-hydroxylation sites is 1. The van der Waals surface area contributed by atoms with E-state index in [4.69, 9.17) is 4.42 Å². The highest BCUT2D eigenvalue weighted by molar-refractivity contribution is 6.28. The Balaban J connectivity index is 1.16. The largest absolute Gasteiger partial charge is 0.456 e.